The first-order valence-corrected chi connectivity index (χ1v) is 18.3. The second-order valence-electron chi connectivity index (χ2n) is 13.1. The van der Waals surface area contributed by atoms with Crippen molar-refractivity contribution in [3.05, 3.63) is 139 Å². The number of imide groups is 1. The largest absolute Gasteiger partial charge is 0.447 e. The predicted molar refractivity (Wildman–Crippen MR) is 190 cm³/mol. The molecule has 7 heteroatoms. The SMILES string of the molecule is CC(C)(C)[Si](OCCC[C@@H](C(=O)N1C(=O)OC[C@H]1Cc1ccccc1)[C@H](O)/C=C\c1ccccc1)(c1ccccc1)c1ccccc1. The third-order valence-corrected chi connectivity index (χ3v) is 14.0. The van der Waals surface area contributed by atoms with E-state index in [1.165, 1.54) is 15.3 Å². The number of cyclic esters (lactones) is 1. The summed E-state index contributed by atoms with van der Waals surface area (Å²) in [5.74, 6) is -1.29. The summed E-state index contributed by atoms with van der Waals surface area (Å²) < 4.78 is 12.5. The van der Waals surface area contributed by atoms with E-state index in [0.717, 1.165) is 11.1 Å². The Morgan fingerprint density at radius 2 is 1.43 bits per heavy atom. The van der Waals surface area contributed by atoms with Crippen molar-refractivity contribution in [2.45, 2.75) is 57.2 Å². The molecule has 47 heavy (non-hydrogen) atoms. The van der Waals surface area contributed by atoms with Gasteiger partial charge in [0.15, 0.2) is 0 Å². The van der Waals surface area contributed by atoms with Gasteiger partial charge < -0.3 is 14.3 Å². The Balaban J connectivity index is 1.39. The topological polar surface area (TPSA) is 76.1 Å². The van der Waals surface area contributed by atoms with Crippen molar-refractivity contribution in [2.75, 3.05) is 13.2 Å². The van der Waals surface area contributed by atoms with Crippen molar-refractivity contribution < 1.29 is 23.9 Å². The highest BCUT2D eigenvalue weighted by Gasteiger charge is 2.50. The highest BCUT2D eigenvalue weighted by atomic mass is 28.4. The molecule has 0 radical (unpaired) electrons. The van der Waals surface area contributed by atoms with Gasteiger partial charge in [-0.1, -0.05) is 154 Å². The summed E-state index contributed by atoms with van der Waals surface area (Å²) in [6.45, 7) is 7.21. The molecule has 5 rings (SSSR count). The first-order chi connectivity index (χ1) is 22.7. The van der Waals surface area contributed by atoms with Gasteiger partial charge in [0.1, 0.15) is 6.61 Å². The molecule has 6 nitrogen and oxygen atoms in total. The molecule has 4 aromatic carbocycles. The van der Waals surface area contributed by atoms with E-state index in [2.05, 4.69) is 69.3 Å². The molecule has 3 atom stereocenters. The second kappa shape index (κ2) is 15.5. The van der Waals surface area contributed by atoms with Crippen LogP contribution in [-0.2, 0) is 20.4 Å². The van der Waals surface area contributed by atoms with E-state index >= 15 is 0 Å². The van der Waals surface area contributed by atoms with Crippen molar-refractivity contribution in [3.63, 3.8) is 0 Å². The fourth-order valence-corrected chi connectivity index (χ4v) is 11.2. The first kappa shape index (κ1) is 34.0. The zero-order valence-electron chi connectivity index (χ0n) is 27.5. The lowest BCUT2D eigenvalue weighted by Crippen LogP contribution is -2.66. The Morgan fingerprint density at radius 3 is 1.98 bits per heavy atom. The van der Waals surface area contributed by atoms with Crippen LogP contribution in [0.4, 0.5) is 4.79 Å². The molecular formula is C40H45NO5Si. The van der Waals surface area contributed by atoms with Gasteiger partial charge in [0.2, 0.25) is 5.91 Å². The third-order valence-electron chi connectivity index (χ3n) is 8.92. The van der Waals surface area contributed by atoms with Crippen LogP contribution in [0.3, 0.4) is 0 Å². The van der Waals surface area contributed by atoms with Crippen LogP contribution in [0.1, 0.15) is 44.7 Å². The number of aliphatic hydroxyl groups excluding tert-OH is 1. The molecule has 1 heterocycles. The number of benzene rings is 4. The maximum absolute atomic E-state index is 14.2. The number of nitrogens with zero attached hydrogens (tertiary/aromatic N) is 1. The van der Waals surface area contributed by atoms with Crippen LogP contribution in [0.25, 0.3) is 6.08 Å². The molecule has 0 bridgehead atoms. The van der Waals surface area contributed by atoms with Crippen LogP contribution >= 0.6 is 0 Å². The van der Waals surface area contributed by atoms with Crippen LogP contribution < -0.4 is 10.4 Å². The maximum Gasteiger partial charge on any atom is 0.416 e. The lowest BCUT2D eigenvalue weighted by atomic mass is 9.93. The highest BCUT2D eigenvalue weighted by molar-refractivity contribution is 6.99. The molecule has 244 valence electrons. The molecule has 1 aliphatic rings. The fraction of sp³-hybridized carbons (Fsp3) is 0.300. The minimum Gasteiger partial charge on any atom is -0.447 e. The maximum atomic E-state index is 14.2. The quantitative estimate of drug-likeness (QED) is 0.130. The van der Waals surface area contributed by atoms with Crippen molar-refractivity contribution in [3.8, 4) is 0 Å². The van der Waals surface area contributed by atoms with Crippen LogP contribution in [-0.4, -0.2) is 55.7 Å². The molecule has 2 amide bonds. The van der Waals surface area contributed by atoms with Gasteiger partial charge in [-0.15, -0.1) is 0 Å². The zero-order chi connectivity index (χ0) is 33.3. The number of aliphatic hydroxyl groups is 1. The number of rotatable bonds is 13. The van der Waals surface area contributed by atoms with Gasteiger partial charge >= 0.3 is 6.09 Å². The van der Waals surface area contributed by atoms with Crippen molar-refractivity contribution >= 4 is 36.8 Å². The summed E-state index contributed by atoms with van der Waals surface area (Å²) in [5.41, 5.74) is 1.92. The molecule has 1 aliphatic heterocycles. The summed E-state index contributed by atoms with van der Waals surface area (Å²) >= 11 is 0. The Kier molecular flexibility index (Phi) is 11.2. The minimum atomic E-state index is -2.77. The van der Waals surface area contributed by atoms with E-state index in [1.54, 1.807) is 6.08 Å². The molecule has 0 unspecified atom stereocenters. The van der Waals surface area contributed by atoms with E-state index in [0.29, 0.717) is 25.9 Å². The van der Waals surface area contributed by atoms with Crippen LogP contribution in [0.2, 0.25) is 5.04 Å². The number of carbonyl (C=O) groups is 2. The van der Waals surface area contributed by atoms with Crippen LogP contribution in [0.5, 0.6) is 0 Å². The number of hydrogen-bond acceptors (Lipinski definition) is 5. The van der Waals surface area contributed by atoms with Gasteiger partial charge in [0, 0.05) is 6.61 Å². The van der Waals surface area contributed by atoms with E-state index in [4.69, 9.17) is 9.16 Å². The lowest BCUT2D eigenvalue weighted by Gasteiger charge is -2.43. The highest BCUT2D eigenvalue weighted by Crippen LogP contribution is 2.37. The van der Waals surface area contributed by atoms with Gasteiger partial charge in [-0.05, 0) is 45.8 Å². The molecule has 0 aromatic heterocycles. The Bertz CT molecular complexity index is 1570. The molecule has 0 aliphatic carbocycles. The Morgan fingerprint density at radius 1 is 0.894 bits per heavy atom. The summed E-state index contributed by atoms with van der Waals surface area (Å²) in [4.78, 5) is 28.4. The number of carbonyl (C=O) groups excluding carboxylic acids is 2. The second-order valence-corrected chi connectivity index (χ2v) is 17.5. The average molecular weight is 648 g/mol. The lowest BCUT2D eigenvalue weighted by molar-refractivity contribution is -0.136. The smallest absolute Gasteiger partial charge is 0.416 e. The average Bonchev–Trinajstić information content (AvgIpc) is 3.45. The van der Waals surface area contributed by atoms with Gasteiger partial charge in [-0.3, -0.25) is 4.79 Å². The Hall–Kier alpha value is -4.30. The molecule has 1 saturated heterocycles. The number of amides is 2. The van der Waals surface area contributed by atoms with E-state index in [-0.39, 0.29) is 11.6 Å². The molecule has 1 fully saturated rings. The summed E-state index contributed by atoms with van der Waals surface area (Å²) in [5, 5.41) is 13.7. The first-order valence-electron chi connectivity index (χ1n) is 16.4. The standard InChI is InChI=1S/C40H45NO5Si/c1-40(2,3)47(34-21-12-6-13-22-34,35-23-14-7-15-24-35)46-28-16-25-36(37(42)27-26-31-17-8-4-9-18-31)38(43)41-33(30-45-39(41)44)29-32-19-10-5-11-20-32/h4-15,17-24,26-27,33,36-37,42H,16,25,28-30H2,1-3H3/b27-26-/t33-,36-,37-/m1/s1. The molecule has 0 saturated carbocycles. The van der Waals surface area contributed by atoms with E-state index < -0.39 is 38.4 Å². The predicted octanol–water partition coefficient (Wildman–Crippen LogP) is 6.62. The molecule has 1 N–H and O–H groups in total. The minimum absolute atomic E-state index is 0.124. The number of hydrogen-bond donors (Lipinski definition) is 1. The van der Waals surface area contributed by atoms with Gasteiger partial charge in [-0.25, -0.2) is 9.69 Å². The van der Waals surface area contributed by atoms with Gasteiger partial charge in [0.05, 0.1) is 18.1 Å². The van der Waals surface area contributed by atoms with E-state index in [9.17, 15) is 14.7 Å². The molecular weight excluding hydrogens is 603 g/mol. The monoisotopic (exact) mass is 647 g/mol. The van der Waals surface area contributed by atoms with Crippen molar-refractivity contribution in [2.24, 2.45) is 5.92 Å². The summed E-state index contributed by atoms with van der Waals surface area (Å²) in [6, 6.07) is 39.8. The molecule has 0 spiro atoms. The van der Waals surface area contributed by atoms with Crippen LogP contribution in [0.15, 0.2) is 127 Å². The zero-order valence-corrected chi connectivity index (χ0v) is 28.5. The van der Waals surface area contributed by atoms with Crippen LogP contribution in [0, 0.1) is 5.92 Å². The fourth-order valence-electron chi connectivity index (χ4n) is 6.58. The summed E-state index contributed by atoms with van der Waals surface area (Å²) in [6.07, 6.45) is 3.02. The van der Waals surface area contributed by atoms with Crippen molar-refractivity contribution in [1.82, 2.24) is 4.90 Å². The summed E-state index contributed by atoms with van der Waals surface area (Å²) in [7, 11) is -2.77. The molecule has 4 aromatic rings. The normalized spacial score (nSPS) is 16.6. The number of ether oxygens (including phenoxy) is 1. The third kappa shape index (κ3) is 7.99. The van der Waals surface area contributed by atoms with Crippen molar-refractivity contribution in [1.29, 1.82) is 0 Å². The Labute approximate surface area is 279 Å². The van der Waals surface area contributed by atoms with Gasteiger partial charge in [0.25, 0.3) is 8.32 Å². The van der Waals surface area contributed by atoms with Gasteiger partial charge in [-0.2, -0.15) is 0 Å². The van der Waals surface area contributed by atoms with E-state index in [1.807, 2.05) is 78.9 Å².